The van der Waals surface area contributed by atoms with Crippen molar-refractivity contribution in [1.82, 2.24) is 0 Å². The third kappa shape index (κ3) is 4.18. The van der Waals surface area contributed by atoms with Gasteiger partial charge in [0.25, 0.3) is 0 Å². The summed E-state index contributed by atoms with van der Waals surface area (Å²) in [5.74, 6) is -7.94. The van der Waals surface area contributed by atoms with Crippen molar-refractivity contribution in [3.63, 3.8) is 0 Å². The summed E-state index contributed by atoms with van der Waals surface area (Å²) >= 11 is 0. The highest BCUT2D eigenvalue weighted by Gasteiger charge is 2.83. The van der Waals surface area contributed by atoms with E-state index >= 15 is 0 Å². The molecule has 1 aromatic carbocycles. The van der Waals surface area contributed by atoms with Crippen LogP contribution in [0.2, 0.25) is 0 Å². The number of benzene rings is 1. The standard InChI is InChI=1S/C15H15F7O5S2/c16-13(17,14(18,19)28(22,23)24)15(20,21)29(25,26)27-12-8-6-11(7-9-12)10-4-2-1-3-5-10/h6-10H,1-5H2. The number of hydrogen-bond acceptors (Lipinski definition) is 5. The molecule has 1 aliphatic rings. The first-order valence-corrected chi connectivity index (χ1v) is 11.0. The van der Waals surface area contributed by atoms with Crippen LogP contribution in [-0.4, -0.2) is 33.3 Å². The summed E-state index contributed by atoms with van der Waals surface area (Å²) < 4.78 is 140. The van der Waals surface area contributed by atoms with Crippen LogP contribution in [0.25, 0.3) is 0 Å². The quantitative estimate of drug-likeness (QED) is 0.330. The minimum Gasteiger partial charge on any atom is -0.378 e. The molecule has 0 aromatic heterocycles. The van der Waals surface area contributed by atoms with Gasteiger partial charge in [0.1, 0.15) is 5.75 Å². The van der Waals surface area contributed by atoms with Crippen molar-refractivity contribution in [2.75, 3.05) is 0 Å². The van der Waals surface area contributed by atoms with Gasteiger partial charge in [0.15, 0.2) is 0 Å². The van der Waals surface area contributed by atoms with Gasteiger partial charge in [0.2, 0.25) is 0 Å². The Morgan fingerprint density at radius 3 is 1.72 bits per heavy atom. The molecule has 2 rings (SSSR count). The maximum atomic E-state index is 13.7. The molecule has 0 bridgehead atoms. The van der Waals surface area contributed by atoms with Crippen LogP contribution in [0.1, 0.15) is 43.6 Å². The minimum atomic E-state index is -7.58. The van der Waals surface area contributed by atoms with Gasteiger partial charge in [0, 0.05) is 0 Å². The lowest BCUT2D eigenvalue weighted by atomic mass is 9.84. The predicted octanol–water partition coefficient (Wildman–Crippen LogP) is 4.56. The molecular formula is C15H15F7O5S2. The van der Waals surface area contributed by atoms with Gasteiger partial charge in [-0.2, -0.15) is 43.2 Å². The first-order chi connectivity index (χ1) is 13.0. The molecule has 166 valence electrons. The van der Waals surface area contributed by atoms with E-state index in [-0.39, 0.29) is 5.92 Å². The van der Waals surface area contributed by atoms with Crippen LogP contribution in [0.4, 0.5) is 30.2 Å². The fourth-order valence-corrected chi connectivity index (χ4v) is 4.30. The molecule has 0 aliphatic heterocycles. The molecule has 1 saturated carbocycles. The lowest BCUT2D eigenvalue weighted by molar-refractivity contribution is -0.246. The van der Waals surface area contributed by atoms with Crippen molar-refractivity contribution in [2.45, 2.75) is 54.5 Å². The second kappa shape index (κ2) is 7.60. The van der Waals surface area contributed by atoms with Gasteiger partial charge in [-0.05, 0) is 36.5 Å². The Balaban J connectivity index is 2.29. The van der Waals surface area contributed by atoms with Gasteiger partial charge in [-0.1, -0.05) is 35.3 Å². The van der Waals surface area contributed by atoms with Gasteiger partial charge in [-0.15, -0.1) is 0 Å². The normalized spacial score (nSPS) is 17.9. The summed E-state index contributed by atoms with van der Waals surface area (Å²) in [6.45, 7) is 0. The molecule has 29 heavy (non-hydrogen) atoms. The van der Waals surface area contributed by atoms with E-state index in [0.29, 0.717) is 5.56 Å². The number of halogens is 7. The summed E-state index contributed by atoms with van der Waals surface area (Å²) in [5, 5.41) is -13.8. The lowest BCUT2D eigenvalue weighted by Crippen LogP contribution is -2.60. The first kappa shape index (κ1) is 23.7. The SMILES string of the molecule is O=S(=O)(F)C(F)(F)C(F)(F)C(F)(F)S(=O)(=O)Oc1ccc(C2CCCCC2)cc1. The monoisotopic (exact) mass is 472 g/mol. The molecular weight excluding hydrogens is 457 g/mol. The van der Waals surface area contributed by atoms with Crippen LogP contribution in [-0.2, 0) is 20.3 Å². The van der Waals surface area contributed by atoms with E-state index < -0.39 is 42.5 Å². The molecule has 0 amide bonds. The summed E-state index contributed by atoms with van der Waals surface area (Å²) in [5.41, 5.74) is 0.710. The Labute approximate surface area is 162 Å². The Morgan fingerprint density at radius 2 is 1.28 bits per heavy atom. The zero-order valence-corrected chi connectivity index (χ0v) is 16.1. The van der Waals surface area contributed by atoms with E-state index in [1.54, 1.807) is 0 Å². The van der Waals surface area contributed by atoms with Gasteiger partial charge in [-0.3, -0.25) is 0 Å². The molecule has 1 fully saturated rings. The van der Waals surface area contributed by atoms with Crippen LogP contribution in [0.5, 0.6) is 5.75 Å². The first-order valence-electron chi connectivity index (χ1n) is 8.16. The molecule has 0 saturated heterocycles. The summed E-state index contributed by atoms with van der Waals surface area (Å²) in [6, 6.07) is 4.33. The van der Waals surface area contributed by atoms with Gasteiger partial charge in [0.05, 0.1) is 0 Å². The summed E-state index contributed by atoms with van der Waals surface area (Å²) in [4.78, 5) is 0. The number of alkyl halides is 6. The lowest BCUT2D eigenvalue weighted by Gasteiger charge is -2.29. The molecule has 0 radical (unpaired) electrons. The van der Waals surface area contributed by atoms with Crippen LogP contribution in [0.15, 0.2) is 24.3 Å². The molecule has 1 aromatic rings. The van der Waals surface area contributed by atoms with E-state index in [1.807, 2.05) is 0 Å². The zero-order chi connectivity index (χ0) is 22.3. The van der Waals surface area contributed by atoms with Crippen LogP contribution < -0.4 is 4.18 Å². The van der Waals surface area contributed by atoms with E-state index in [0.717, 1.165) is 44.2 Å². The maximum absolute atomic E-state index is 13.7. The van der Waals surface area contributed by atoms with Crippen LogP contribution >= 0.6 is 0 Å². The highest BCUT2D eigenvalue weighted by molar-refractivity contribution is 7.89. The van der Waals surface area contributed by atoms with E-state index in [2.05, 4.69) is 4.18 Å². The average molecular weight is 472 g/mol. The Morgan fingerprint density at radius 1 is 0.793 bits per heavy atom. The van der Waals surface area contributed by atoms with Crippen molar-refractivity contribution in [2.24, 2.45) is 0 Å². The molecule has 0 heterocycles. The van der Waals surface area contributed by atoms with Crippen LogP contribution in [0.3, 0.4) is 0 Å². The largest absolute Gasteiger partial charge is 0.450 e. The van der Waals surface area contributed by atoms with E-state index in [9.17, 15) is 47.1 Å². The third-order valence-electron chi connectivity index (χ3n) is 4.51. The summed E-state index contributed by atoms with van der Waals surface area (Å²) in [7, 11) is -14.4. The zero-order valence-electron chi connectivity index (χ0n) is 14.4. The smallest absolute Gasteiger partial charge is 0.378 e. The number of rotatable bonds is 7. The van der Waals surface area contributed by atoms with Gasteiger partial charge in [-0.25, -0.2) is 0 Å². The Hall–Kier alpha value is -1.57. The van der Waals surface area contributed by atoms with Gasteiger partial charge >= 0.3 is 36.8 Å². The van der Waals surface area contributed by atoms with Crippen molar-refractivity contribution >= 4 is 20.3 Å². The molecule has 0 N–H and O–H groups in total. The highest BCUT2D eigenvalue weighted by atomic mass is 32.3. The Bertz CT molecular complexity index is 938. The maximum Gasteiger partial charge on any atom is 0.450 e. The van der Waals surface area contributed by atoms with E-state index in [4.69, 9.17) is 0 Å². The molecule has 5 nitrogen and oxygen atoms in total. The second-order valence-corrected chi connectivity index (χ2v) is 9.46. The number of hydrogen-bond donors (Lipinski definition) is 0. The molecule has 14 heteroatoms. The minimum absolute atomic E-state index is 0.119. The fourth-order valence-electron chi connectivity index (χ4n) is 2.89. The topological polar surface area (TPSA) is 77.5 Å². The van der Waals surface area contributed by atoms with E-state index in [1.165, 1.54) is 12.1 Å². The molecule has 0 spiro atoms. The fraction of sp³-hybridized carbons (Fsp3) is 0.600. The molecule has 0 unspecified atom stereocenters. The summed E-state index contributed by atoms with van der Waals surface area (Å²) in [6.07, 6.45) is 4.60. The van der Waals surface area contributed by atoms with Crippen LogP contribution in [0, 0.1) is 0 Å². The van der Waals surface area contributed by atoms with Crippen molar-refractivity contribution < 1.29 is 51.2 Å². The third-order valence-corrected chi connectivity index (χ3v) is 6.68. The van der Waals surface area contributed by atoms with Crippen molar-refractivity contribution in [3.05, 3.63) is 29.8 Å². The Kier molecular flexibility index (Phi) is 6.21. The van der Waals surface area contributed by atoms with Crippen molar-refractivity contribution in [3.8, 4) is 5.75 Å². The average Bonchev–Trinajstić information content (AvgIpc) is 2.61. The van der Waals surface area contributed by atoms with Crippen molar-refractivity contribution in [1.29, 1.82) is 0 Å². The molecule has 0 atom stereocenters. The highest BCUT2D eigenvalue weighted by Crippen LogP contribution is 2.51. The molecule has 1 aliphatic carbocycles. The predicted molar refractivity (Wildman–Crippen MR) is 86.7 cm³/mol. The second-order valence-electron chi connectivity index (χ2n) is 6.49. The van der Waals surface area contributed by atoms with Gasteiger partial charge < -0.3 is 4.18 Å².